The van der Waals surface area contributed by atoms with E-state index < -0.39 is 0 Å². The summed E-state index contributed by atoms with van der Waals surface area (Å²) in [6.45, 7) is 3.89. The summed E-state index contributed by atoms with van der Waals surface area (Å²) in [5.41, 5.74) is 5.80. The molecule has 1 amide bonds. The third kappa shape index (κ3) is 3.77. The molecule has 3 aromatic rings. The van der Waals surface area contributed by atoms with Gasteiger partial charge >= 0.3 is 0 Å². The number of fused-ring (bicyclic) bond motifs is 1. The van der Waals surface area contributed by atoms with Crippen LogP contribution >= 0.6 is 22.9 Å². The van der Waals surface area contributed by atoms with Crippen molar-refractivity contribution < 1.29 is 4.79 Å². The zero-order chi connectivity index (χ0) is 17.1. The molecule has 0 bridgehead atoms. The molecule has 0 spiro atoms. The van der Waals surface area contributed by atoms with Gasteiger partial charge < -0.3 is 0 Å². The molecule has 0 fully saturated rings. The van der Waals surface area contributed by atoms with Gasteiger partial charge in [-0.05, 0) is 25.5 Å². The van der Waals surface area contributed by atoms with Crippen LogP contribution in [-0.2, 0) is 11.2 Å². The second-order valence-electron chi connectivity index (χ2n) is 5.34. The fourth-order valence-corrected chi connectivity index (χ4v) is 3.10. The fraction of sp³-hybridized carbons (Fsp3) is 0.176. The van der Waals surface area contributed by atoms with E-state index in [9.17, 15) is 4.79 Å². The molecule has 0 saturated carbocycles. The Labute approximate surface area is 148 Å². The number of para-hydroxylation sites is 1. The van der Waals surface area contributed by atoms with Gasteiger partial charge in [-0.2, -0.15) is 5.10 Å². The molecule has 1 aromatic carbocycles. The second-order valence-corrected chi connectivity index (χ2v) is 6.76. The number of benzene rings is 1. The van der Waals surface area contributed by atoms with Gasteiger partial charge in [-0.1, -0.05) is 29.8 Å². The monoisotopic (exact) mass is 358 g/mol. The van der Waals surface area contributed by atoms with Gasteiger partial charge in [0.15, 0.2) is 0 Å². The van der Waals surface area contributed by atoms with Crippen molar-refractivity contribution in [2.24, 2.45) is 5.10 Å². The number of hydrogen-bond donors (Lipinski definition) is 1. The molecule has 1 N–H and O–H groups in total. The van der Waals surface area contributed by atoms with Crippen LogP contribution in [-0.4, -0.2) is 22.1 Å². The van der Waals surface area contributed by atoms with Crippen LogP contribution in [0.1, 0.15) is 21.8 Å². The lowest BCUT2D eigenvalue weighted by molar-refractivity contribution is -0.120. The maximum absolute atomic E-state index is 11.8. The predicted octanol–water partition coefficient (Wildman–Crippen LogP) is 3.65. The average molecular weight is 359 g/mol. The van der Waals surface area contributed by atoms with Crippen molar-refractivity contribution in [3.05, 3.63) is 56.6 Å². The molecule has 5 nitrogen and oxygen atoms in total. The molecule has 0 unspecified atom stereocenters. The number of pyridine rings is 1. The smallest absolute Gasteiger partial charge is 0.246 e. The number of amides is 1. The van der Waals surface area contributed by atoms with Crippen LogP contribution in [0.3, 0.4) is 0 Å². The van der Waals surface area contributed by atoms with Crippen molar-refractivity contribution >= 4 is 46.0 Å². The number of halogens is 1. The van der Waals surface area contributed by atoms with E-state index in [1.54, 1.807) is 0 Å². The van der Waals surface area contributed by atoms with E-state index in [4.69, 9.17) is 11.6 Å². The number of aryl methyl sites for hydroxylation is 2. The Morgan fingerprint density at radius 3 is 2.96 bits per heavy atom. The fourth-order valence-electron chi connectivity index (χ4n) is 2.30. The molecular weight excluding hydrogens is 344 g/mol. The van der Waals surface area contributed by atoms with E-state index >= 15 is 0 Å². The number of thiazole rings is 1. The van der Waals surface area contributed by atoms with Crippen LogP contribution in [0.25, 0.3) is 10.9 Å². The number of carbonyl (C=O) groups is 1. The quantitative estimate of drug-likeness (QED) is 0.439. The maximum atomic E-state index is 11.8. The number of hydrogen-bond acceptors (Lipinski definition) is 5. The predicted molar refractivity (Wildman–Crippen MR) is 97.8 cm³/mol. The van der Waals surface area contributed by atoms with Crippen LogP contribution in [0.5, 0.6) is 0 Å². The van der Waals surface area contributed by atoms with Crippen LogP contribution in [0.2, 0.25) is 5.15 Å². The van der Waals surface area contributed by atoms with E-state index in [2.05, 4.69) is 20.5 Å². The number of hydrazone groups is 1. The summed E-state index contributed by atoms with van der Waals surface area (Å²) in [5, 5.41) is 8.09. The highest BCUT2D eigenvalue weighted by Crippen LogP contribution is 2.21. The van der Waals surface area contributed by atoms with Gasteiger partial charge in [0.1, 0.15) is 5.15 Å². The van der Waals surface area contributed by atoms with Crippen molar-refractivity contribution in [3.63, 3.8) is 0 Å². The van der Waals surface area contributed by atoms with Crippen LogP contribution < -0.4 is 5.43 Å². The summed E-state index contributed by atoms with van der Waals surface area (Å²) in [6.07, 6.45) is 1.70. The van der Waals surface area contributed by atoms with E-state index in [1.807, 2.05) is 43.5 Å². The normalized spacial score (nSPS) is 11.3. The molecule has 24 heavy (non-hydrogen) atoms. The molecule has 122 valence electrons. The molecule has 2 aromatic heterocycles. The Balaban J connectivity index is 1.71. The van der Waals surface area contributed by atoms with Gasteiger partial charge in [0.2, 0.25) is 5.91 Å². The molecular formula is C17H15ClN4OS. The summed E-state index contributed by atoms with van der Waals surface area (Å²) in [7, 11) is 0. The van der Waals surface area contributed by atoms with Crippen molar-refractivity contribution in [2.45, 2.75) is 20.3 Å². The third-order valence-electron chi connectivity index (χ3n) is 3.43. The standard InChI is InChI=1S/C17H15ClN4OS/c1-10-4-3-5-12-6-13(17(18)21-16(10)12)8-19-22-15(23)7-14-9-24-11(2)20-14/h3-6,8-9H,7H2,1-2H3,(H,22,23)/b19-8-. The van der Waals surface area contributed by atoms with E-state index in [0.717, 1.165) is 27.2 Å². The minimum absolute atomic E-state index is 0.199. The molecule has 0 aliphatic heterocycles. The minimum Gasteiger partial charge on any atom is -0.273 e. The lowest BCUT2D eigenvalue weighted by Gasteiger charge is -2.04. The topological polar surface area (TPSA) is 67.2 Å². The van der Waals surface area contributed by atoms with Crippen molar-refractivity contribution in [2.75, 3.05) is 0 Å². The van der Waals surface area contributed by atoms with Gasteiger partial charge in [0.05, 0.1) is 28.9 Å². The molecule has 0 atom stereocenters. The summed E-state index contributed by atoms with van der Waals surface area (Å²) in [6, 6.07) is 7.81. The van der Waals surface area contributed by atoms with Gasteiger partial charge in [0.25, 0.3) is 0 Å². The van der Waals surface area contributed by atoms with E-state index in [1.165, 1.54) is 17.6 Å². The number of nitrogens with zero attached hydrogens (tertiary/aromatic N) is 3. The Morgan fingerprint density at radius 2 is 2.21 bits per heavy atom. The number of aromatic nitrogens is 2. The van der Waals surface area contributed by atoms with E-state index in [-0.39, 0.29) is 12.3 Å². The van der Waals surface area contributed by atoms with Crippen LogP contribution in [0.15, 0.2) is 34.7 Å². The number of carbonyl (C=O) groups excluding carboxylic acids is 1. The molecule has 0 aliphatic carbocycles. The molecule has 0 saturated heterocycles. The zero-order valence-electron chi connectivity index (χ0n) is 13.2. The summed E-state index contributed by atoms with van der Waals surface area (Å²) in [4.78, 5) is 20.5. The van der Waals surface area contributed by atoms with E-state index in [0.29, 0.717) is 10.7 Å². The SMILES string of the molecule is Cc1nc(CC(=O)N/N=C\c2cc3cccc(C)c3nc2Cl)cs1. The van der Waals surface area contributed by atoms with Crippen LogP contribution in [0.4, 0.5) is 0 Å². The number of nitrogens with one attached hydrogen (secondary N) is 1. The molecule has 0 radical (unpaired) electrons. The first kappa shape index (κ1) is 16.5. The van der Waals surface area contributed by atoms with Gasteiger partial charge in [-0.25, -0.2) is 15.4 Å². The summed E-state index contributed by atoms with van der Waals surface area (Å²) in [5.74, 6) is -0.225. The Kier molecular flexibility index (Phi) is 4.87. The minimum atomic E-state index is -0.225. The molecule has 2 heterocycles. The Hall–Kier alpha value is -2.31. The zero-order valence-corrected chi connectivity index (χ0v) is 14.8. The van der Waals surface area contributed by atoms with Crippen molar-refractivity contribution in [1.82, 2.24) is 15.4 Å². The molecule has 7 heteroatoms. The van der Waals surface area contributed by atoms with Gasteiger partial charge in [-0.3, -0.25) is 4.79 Å². The Morgan fingerprint density at radius 1 is 1.38 bits per heavy atom. The van der Waals surface area contributed by atoms with Gasteiger partial charge in [-0.15, -0.1) is 11.3 Å². The first-order chi connectivity index (χ1) is 11.5. The highest BCUT2D eigenvalue weighted by Gasteiger charge is 2.07. The maximum Gasteiger partial charge on any atom is 0.246 e. The van der Waals surface area contributed by atoms with Crippen molar-refractivity contribution in [1.29, 1.82) is 0 Å². The van der Waals surface area contributed by atoms with Crippen LogP contribution in [0, 0.1) is 13.8 Å². The summed E-state index contributed by atoms with van der Waals surface area (Å²) < 4.78 is 0. The third-order valence-corrected chi connectivity index (χ3v) is 4.55. The van der Waals surface area contributed by atoms with Gasteiger partial charge in [0, 0.05) is 16.3 Å². The average Bonchev–Trinajstić information content (AvgIpc) is 2.94. The first-order valence-electron chi connectivity index (χ1n) is 7.31. The molecule has 3 rings (SSSR count). The lowest BCUT2D eigenvalue weighted by atomic mass is 10.1. The largest absolute Gasteiger partial charge is 0.273 e. The number of rotatable bonds is 4. The molecule has 0 aliphatic rings. The summed E-state index contributed by atoms with van der Waals surface area (Å²) >= 11 is 7.72. The second kappa shape index (κ2) is 7.07. The first-order valence-corrected chi connectivity index (χ1v) is 8.57. The lowest BCUT2D eigenvalue weighted by Crippen LogP contribution is -2.20. The Bertz CT molecular complexity index is 935. The highest BCUT2D eigenvalue weighted by atomic mass is 35.5. The highest BCUT2D eigenvalue weighted by molar-refractivity contribution is 7.09. The van der Waals surface area contributed by atoms with Crippen molar-refractivity contribution in [3.8, 4) is 0 Å².